The molecule has 0 aromatic rings. The van der Waals surface area contributed by atoms with Crippen molar-refractivity contribution in [3.8, 4) is 0 Å². The summed E-state index contributed by atoms with van der Waals surface area (Å²) in [4.78, 5) is -3.56. The molecule has 0 aliphatic rings. The maximum absolute atomic E-state index is 11.3. The van der Waals surface area contributed by atoms with Gasteiger partial charge >= 0.3 is 21.8 Å². The fourth-order valence-corrected chi connectivity index (χ4v) is 0. The third-order valence-corrected chi connectivity index (χ3v) is 1.71. The van der Waals surface area contributed by atoms with Gasteiger partial charge in [0.1, 0.15) is 0 Å². The van der Waals surface area contributed by atoms with Crippen LogP contribution in [0.3, 0.4) is 0 Å². The van der Waals surface area contributed by atoms with Crippen molar-refractivity contribution in [2.24, 2.45) is 0 Å². The summed E-state index contributed by atoms with van der Waals surface area (Å²) in [5.74, 6) is 0. The summed E-state index contributed by atoms with van der Waals surface area (Å²) in [6, 6.07) is 0. The zero-order valence-corrected chi connectivity index (χ0v) is 13.8. The van der Waals surface area contributed by atoms with Crippen LogP contribution in [0.15, 0.2) is 0 Å². The molecule has 0 spiro atoms. The Morgan fingerprint density at radius 1 is 0.429 bits per heavy atom. The van der Waals surface area contributed by atoms with Crippen molar-refractivity contribution in [2.45, 2.75) is 25.6 Å². The van der Waals surface area contributed by atoms with E-state index in [1.54, 1.807) is 0 Å². The maximum atomic E-state index is 11.3. The van der Waals surface area contributed by atoms with E-state index < -0.39 is 25.6 Å². The molecule has 21 heavy (non-hydrogen) atoms. The first kappa shape index (κ1) is 27.3. The zero-order chi connectivity index (χ0) is 18.5. The highest BCUT2D eigenvalue weighted by molar-refractivity contribution is 6.68. The Morgan fingerprint density at radius 3 is 0.524 bits per heavy atom. The summed E-state index contributed by atoms with van der Waals surface area (Å²) >= 11 is 29.1. The van der Waals surface area contributed by atoms with Gasteiger partial charge in [-0.2, -0.15) is 39.5 Å². The lowest BCUT2D eigenvalue weighted by molar-refractivity contribution is -0.170. The van der Waals surface area contributed by atoms with E-state index in [0.717, 1.165) is 0 Å². The van der Waals surface area contributed by atoms with Gasteiger partial charge in [0.2, 0.25) is 0 Å². The minimum Gasteiger partial charge on any atom is -0.198 e. The van der Waals surface area contributed by atoms with E-state index in [9.17, 15) is 39.5 Å². The van der Waals surface area contributed by atoms with Crippen molar-refractivity contribution in [3.05, 3.63) is 0 Å². The largest absolute Gasteiger partial charge is 0.452 e. The Hall–Kier alpha value is 1.40. The van der Waals surface area contributed by atoms with Gasteiger partial charge in [0.05, 0.1) is 0 Å². The van der Waals surface area contributed by atoms with E-state index in [0.29, 0.717) is 0 Å². The van der Waals surface area contributed by atoms with E-state index in [2.05, 4.69) is 81.2 Å². The molecule has 0 aliphatic heterocycles. The van der Waals surface area contributed by atoms with Crippen molar-refractivity contribution >= 4 is 81.2 Å². The Balaban J connectivity index is -0.000000239. The molecule has 0 aromatic carbocycles. The lowest BCUT2D eigenvalue weighted by Gasteiger charge is -2.13. The Morgan fingerprint density at radius 2 is 0.524 bits per heavy atom. The van der Waals surface area contributed by atoms with Crippen molar-refractivity contribution < 1.29 is 39.5 Å². The first-order valence-electron chi connectivity index (χ1n) is 3.52. The average molecular weight is 479 g/mol. The van der Waals surface area contributed by atoms with Gasteiger partial charge in [0, 0.05) is 0 Å². The molecule has 0 saturated heterocycles. The summed E-state index contributed by atoms with van der Waals surface area (Å²) in [6.45, 7) is 0. The molecule has 132 valence electrons. The third kappa shape index (κ3) is 21.4. The van der Waals surface area contributed by atoms with E-state index in [4.69, 9.17) is 0 Å². The van der Waals surface area contributed by atoms with Crippen LogP contribution in [0.5, 0.6) is 0 Å². The first-order valence-corrected chi connectivity index (χ1v) is 6.17. The predicted octanol–water partition coefficient (Wildman–Crippen LogP) is 7.58. The smallest absolute Gasteiger partial charge is 0.198 e. The number of hydrogen-bond acceptors (Lipinski definition) is 0. The molecule has 0 fully saturated rings. The SMILES string of the molecule is FC(F)(Cl)Cl.FC(F)(F)C(Cl)(Cl)Cl.FC(F)(F)C(F)(Cl)Cl. The van der Waals surface area contributed by atoms with Crippen LogP contribution in [0.4, 0.5) is 39.5 Å². The van der Waals surface area contributed by atoms with Crippen LogP contribution in [0.25, 0.3) is 0 Å². The van der Waals surface area contributed by atoms with Crippen molar-refractivity contribution in [1.82, 2.24) is 0 Å². The van der Waals surface area contributed by atoms with Crippen LogP contribution in [0, 0.1) is 0 Å². The van der Waals surface area contributed by atoms with Gasteiger partial charge in [0.25, 0.3) is 3.79 Å². The predicted molar refractivity (Wildman–Crippen MR) is 64.6 cm³/mol. The standard InChI is InChI=1S/C2Cl3F3.C2Cl2F4.CCl2F2/c2*3-1(4,5)2(6,7)8;2-1(3,4)5. The highest BCUT2D eigenvalue weighted by atomic mass is 35.6. The topological polar surface area (TPSA) is 0 Å². The summed E-state index contributed by atoms with van der Waals surface area (Å²) in [7, 11) is 0. The second kappa shape index (κ2) is 9.03. The van der Waals surface area contributed by atoms with E-state index in [1.165, 1.54) is 0 Å². The van der Waals surface area contributed by atoms with Gasteiger partial charge in [-0.3, -0.25) is 0 Å². The van der Waals surface area contributed by atoms with E-state index >= 15 is 0 Å². The minimum atomic E-state index is -5.20. The number of halogens is 16. The van der Waals surface area contributed by atoms with Crippen molar-refractivity contribution in [2.75, 3.05) is 0 Å². The maximum Gasteiger partial charge on any atom is 0.452 e. The third-order valence-electron chi connectivity index (χ3n) is 0.643. The molecule has 0 amide bonds. The van der Waals surface area contributed by atoms with Crippen LogP contribution in [0.1, 0.15) is 0 Å². The molecule has 0 saturated carbocycles. The van der Waals surface area contributed by atoms with Crippen LogP contribution in [-0.2, 0) is 0 Å². The molecule has 0 bridgehead atoms. The number of hydrogen-bond donors (Lipinski definition) is 0. The van der Waals surface area contributed by atoms with Crippen LogP contribution in [-0.4, -0.2) is 25.6 Å². The van der Waals surface area contributed by atoms with E-state index in [1.807, 2.05) is 0 Å². The highest BCUT2D eigenvalue weighted by Gasteiger charge is 2.53. The monoisotopic (exact) mass is 476 g/mol. The first-order chi connectivity index (χ1) is 8.50. The Bertz CT molecular complexity index is 225. The van der Waals surface area contributed by atoms with Gasteiger partial charge in [-0.25, -0.2) is 0 Å². The molecule has 16 heteroatoms. The minimum absolute atomic E-state index is 3.15. The molecular weight excluding hydrogens is 479 g/mol. The Labute approximate surface area is 146 Å². The fraction of sp³-hybridized carbons (Fsp3) is 1.00. The molecule has 0 unspecified atom stereocenters. The second-order valence-electron chi connectivity index (χ2n) is 2.42. The van der Waals surface area contributed by atoms with Crippen LogP contribution in [0.2, 0.25) is 0 Å². The van der Waals surface area contributed by atoms with Gasteiger partial charge in [-0.05, 0) is 23.2 Å². The Kier molecular flexibility index (Phi) is 11.7. The van der Waals surface area contributed by atoms with Crippen LogP contribution < -0.4 is 0 Å². The van der Waals surface area contributed by atoms with Crippen molar-refractivity contribution in [1.29, 1.82) is 0 Å². The van der Waals surface area contributed by atoms with Gasteiger partial charge < -0.3 is 0 Å². The number of alkyl halides is 16. The summed E-state index contributed by atoms with van der Waals surface area (Å²) in [6.07, 6.45) is -9.96. The molecule has 0 heterocycles. The normalized spacial score (nSPS) is 13.7. The van der Waals surface area contributed by atoms with Gasteiger partial charge in [0.15, 0.2) is 0 Å². The molecule has 0 N–H and O–H groups in total. The molecule has 0 rings (SSSR count). The summed E-state index contributed by atoms with van der Waals surface area (Å²) in [5, 5.41) is 0. The summed E-state index contributed by atoms with van der Waals surface area (Å²) in [5.41, 5.74) is 0. The lowest BCUT2D eigenvalue weighted by Crippen LogP contribution is -2.28. The molecule has 0 nitrogen and oxygen atoms in total. The molecule has 0 aliphatic carbocycles. The average Bonchev–Trinajstić information content (AvgIpc) is 1.91. The molecular formula is C5Cl7F9. The summed E-state index contributed by atoms with van der Waals surface area (Å²) < 4.78 is 91.4. The molecule has 0 aromatic heterocycles. The van der Waals surface area contributed by atoms with E-state index in [-0.39, 0.29) is 0 Å². The molecule has 0 radical (unpaired) electrons. The second-order valence-corrected chi connectivity index (χ2v) is 7.08. The highest BCUT2D eigenvalue weighted by Crippen LogP contribution is 2.43. The lowest BCUT2D eigenvalue weighted by atomic mass is 10.7. The van der Waals surface area contributed by atoms with Crippen LogP contribution >= 0.6 is 81.2 Å². The van der Waals surface area contributed by atoms with Gasteiger partial charge in [-0.1, -0.05) is 58.0 Å². The quantitative estimate of drug-likeness (QED) is 0.248. The van der Waals surface area contributed by atoms with Crippen molar-refractivity contribution in [3.63, 3.8) is 0 Å². The zero-order valence-electron chi connectivity index (χ0n) is 8.55. The van der Waals surface area contributed by atoms with Gasteiger partial charge in [-0.15, -0.1) is 0 Å². The number of rotatable bonds is 0. The fourth-order valence-electron chi connectivity index (χ4n) is 0. The molecule has 0 atom stereocenters.